The van der Waals surface area contributed by atoms with Crippen LogP contribution in [0.2, 0.25) is 0 Å². The SMILES string of the molecule is CN(C(=O)OC(C)(C)C)C(CC(F)(F)F)C(=O)[O-]. The Bertz CT molecular complexity index is 322. The number of carbonyl (C=O) groups is 2. The molecule has 0 heterocycles. The number of alkyl halides is 3. The molecule has 106 valence electrons. The van der Waals surface area contributed by atoms with Crippen LogP contribution in [-0.2, 0) is 9.53 Å². The van der Waals surface area contributed by atoms with Crippen molar-refractivity contribution in [1.29, 1.82) is 0 Å². The molecule has 0 fully saturated rings. The fourth-order valence-corrected chi connectivity index (χ4v) is 1.06. The summed E-state index contributed by atoms with van der Waals surface area (Å²) < 4.78 is 41.2. The Balaban J connectivity index is 4.83. The highest BCUT2D eigenvalue weighted by Crippen LogP contribution is 2.24. The molecule has 0 aliphatic heterocycles. The van der Waals surface area contributed by atoms with Crippen LogP contribution in [0.4, 0.5) is 18.0 Å². The number of carboxylic acid groups (broad SMARTS) is 1. The van der Waals surface area contributed by atoms with E-state index in [2.05, 4.69) is 0 Å². The molecule has 0 aliphatic rings. The first-order valence-electron chi connectivity index (χ1n) is 5.07. The van der Waals surface area contributed by atoms with Crippen molar-refractivity contribution >= 4 is 12.1 Å². The third kappa shape index (κ3) is 6.31. The summed E-state index contributed by atoms with van der Waals surface area (Å²) in [4.78, 5) is 22.4. The summed E-state index contributed by atoms with van der Waals surface area (Å²) in [5.74, 6) is -1.99. The minimum absolute atomic E-state index is 0.369. The van der Waals surface area contributed by atoms with E-state index in [1.807, 2.05) is 0 Å². The smallest absolute Gasteiger partial charge is 0.410 e. The van der Waals surface area contributed by atoms with Crippen molar-refractivity contribution in [2.24, 2.45) is 0 Å². The van der Waals surface area contributed by atoms with Crippen LogP contribution in [0, 0.1) is 0 Å². The summed E-state index contributed by atoms with van der Waals surface area (Å²) in [7, 11) is 0.917. The number of hydrogen-bond acceptors (Lipinski definition) is 4. The Morgan fingerprint density at radius 2 is 1.72 bits per heavy atom. The van der Waals surface area contributed by atoms with Gasteiger partial charge in [0, 0.05) is 7.05 Å². The van der Waals surface area contributed by atoms with Crippen molar-refractivity contribution in [3.8, 4) is 0 Å². The molecule has 0 aliphatic carbocycles. The molecule has 0 spiro atoms. The molecule has 8 heteroatoms. The van der Waals surface area contributed by atoms with Gasteiger partial charge < -0.3 is 19.5 Å². The van der Waals surface area contributed by atoms with Crippen LogP contribution in [-0.4, -0.2) is 41.8 Å². The highest BCUT2D eigenvalue weighted by atomic mass is 19.4. The second kappa shape index (κ2) is 5.45. The maximum absolute atomic E-state index is 12.2. The first-order valence-corrected chi connectivity index (χ1v) is 5.07. The van der Waals surface area contributed by atoms with Gasteiger partial charge in [-0.15, -0.1) is 0 Å². The van der Waals surface area contributed by atoms with Crippen molar-refractivity contribution in [1.82, 2.24) is 4.90 Å². The van der Waals surface area contributed by atoms with Gasteiger partial charge in [-0.25, -0.2) is 4.79 Å². The van der Waals surface area contributed by atoms with E-state index < -0.39 is 36.3 Å². The number of carbonyl (C=O) groups excluding carboxylic acids is 2. The van der Waals surface area contributed by atoms with Gasteiger partial charge in [0.05, 0.1) is 18.4 Å². The topological polar surface area (TPSA) is 69.7 Å². The molecule has 1 amide bonds. The van der Waals surface area contributed by atoms with Crippen LogP contribution >= 0.6 is 0 Å². The number of ether oxygens (including phenoxy) is 1. The fourth-order valence-electron chi connectivity index (χ4n) is 1.06. The highest BCUT2D eigenvalue weighted by Gasteiger charge is 2.37. The van der Waals surface area contributed by atoms with Gasteiger partial charge in [0.25, 0.3) is 0 Å². The molecule has 0 aromatic rings. The lowest BCUT2D eigenvalue weighted by molar-refractivity contribution is -0.314. The number of hydrogen-bond donors (Lipinski definition) is 0. The maximum Gasteiger partial charge on any atom is 0.410 e. The molecule has 1 unspecified atom stereocenters. The number of carboxylic acids is 1. The Labute approximate surface area is 103 Å². The van der Waals surface area contributed by atoms with E-state index in [9.17, 15) is 27.9 Å². The van der Waals surface area contributed by atoms with Crippen LogP contribution in [0.15, 0.2) is 0 Å². The molecule has 18 heavy (non-hydrogen) atoms. The van der Waals surface area contributed by atoms with Crippen molar-refractivity contribution < 1.29 is 32.6 Å². The molecule has 0 bridgehead atoms. The van der Waals surface area contributed by atoms with Crippen LogP contribution in [0.25, 0.3) is 0 Å². The zero-order chi connectivity index (χ0) is 14.7. The van der Waals surface area contributed by atoms with Crippen LogP contribution < -0.4 is 5.11 Å². The number of likely N-dealkylation sites (N-methyl/N-ethyl adjacent to an activating group) is 1. The number of nitrogens with zero attached hydrogens (tertiary/aromatic N) is 1. The largest absolute Gasteiger partial charge is 0.548 e. The molecule has 0 rings (SSSR count). The fraction of sp³-hybridized carbons (Fsp3) is 0.800. The number of aliphatic carboxylic acids is 1. The zero-order valence-corrected chi connectivity index (χ0v) is 10.5. The van der Waals surface area contributed by atoms with E-state index in [0.29, 0.717) is 4.90 Å². The molecule has 1 atom stereocenters. The number of rotatable bonds is 3. The van der Waals surface area contributed by atoms with E-state index >= 15 is 0 Å². The first-order chi connectivity index (χ1) is 7.83. The molecule has 0 N–H and O–H groups in total. The quantitative estimate of drug-likeness (QED) is 0.764. The van der Waals surface area contributed by atoms with Gasteiger partial charge in [0.2, 0.25) is 0 Å². The summed E-state index contributed by atoms with van der Waals surface area (Å²) in [6.07, 6.45) is -7.56. The first kappa shape index (κ1) is 16.5. The Kier molecular flexibility index (Phi) is 5.00. The predicted molar refractivity (Wildman–Crippen MR) is 53.5 cm³/mol. The summed E-state index contributed by atoms with van der Waals surface area (Å²) >= 11 is 0. The monoisotopic (exact) mass is 270 g/mol. The van der Waals surface area contributed by atoms with Gasteiger partial charge >= 0.3 is 12.3 Å². The normalized spacial score (nSPS) is 13.9. The second-order valence-electron chi connectivity index (χ2n) is 4.75. The summed E-state index contributed by atoms with van der Waals surface area (Å²) in [5.41, 5.74) is -0.930. The van der Waals surface area contributed by atoms with Crippen molar-refractivity contribution in [3.63, 3.8) is 0 Å². The zero-order valence-electron chi connectivity index (χ0n) is 10.5. The van der Waals surface area contributed by atoms with E-state index in [-0.39, 0.29) is 0 Å². The predicted octanol–water partition coefficient (Wildman–Crippen LogP) is 0.924. The van der Waals surface area contributed by atoms with E-state index in [4.69, 9.17) is 4.74 Å². The van der Waals surface area contributed by atoms with E-state index in [1.165, 1.54) is 20.8 Å². The van der Waals surface area contributed by atoms with Crippen LogP contribution in [0.1, 0.15) is 27.2 Å². The summed E-state index contributed by atoms with van der Waals surface area (Å²) in [6, 6.07) is -2.11. The third-order valence-electron chi connectivity index (χ3n) is 1.85. The van der Waals surface area contributed by atoms with Crippen molar-refractivity contribution in [2.75, 3.05) is 7.05 Å². The Morgan fingerprint density at radius 3 is 2.00 bits per heavy atom. The molecule has 5 nitrogen and oxygen atoms in total. The highest BCUT2D eigenvalue weighted by molar-refractivity contribution is 5.78. The summed E-state index contributed by atoms with van der Waals surface area (Å²) in [6.45, 7) is 4.53. The molecule has 0 saturated carbocycles. The van der Waals surface area contributed by atoms with E-state index in [0.717, 1.165) is 7.05 Å². The lowest BCUT2D eigenvalue weighted by Gasteiger charge is -2.31. The lowest BCUT2D eigenvalue weighted by Crippen LogP contribution is -2.51. The minimum atomic E-state index is -4.72. The molecular weight excluding hydrogens is 255 g/mol. The molecular formula is C10H15F3NO4-. The lowest BCUT2D eigenvalue weighted by atomic mass is 10.2. The molecule has 0 radical (unpaired) electrons. The van der Waals surface area contributed by atoms with Gasteiger partial charge in [0.15, 0.2) is 0 Å². The standard InChI is InChI=1S/C10H16F3NO4/c1-9(2,3)18-8(17)14(4)6(7(15)16)5-10(11,12)13/h6H,5H2,1-4H3,(H,15,16)/p-1. The Hall–Kier alpha value is -1.47. The van der Waals surface area contributed by atoms with Gasteiger partial charge in [-0.3, -0.25) is 0 Å². The second-order valence-corrected chi connectivity index (χ2v) is 4.75. The minimum Gasteiger partial charge on any atom is -0.548 e. The van der Waals surface area contributed by atoms with E-state index in [1.54, 1.807) is 0 Å². The van der Waals surface area contributed by atoms with Crippen molar-refractivity contribution in [2.45, 2.75) is 45.0 Å². The average molecular weight is 270 g/mol. The van der Waals surface area contributed by atoms with Gasteiger partial charge in [-0.2, -0.15) is 13.2 Å². The summed E-state index contributed by atoms with van der Waals surface area (Å²) in [5, 5.41) is 10.6. The van der Waals surface area contributed by atoms with Gasteiger partial charge in [-0.05, 0) is 20.8 Å². The molecule has 0 saturated heterocycles. The average Bonchev–Trinajstić information content (AvgIpc) is 2.08. The van der Waals surface area contributed by atoms with Gasteiger partial charge in [0.1, 0.15) is 5.60 Å². The maximum atomic E-state index is 12.2. The number of halogens is 3. The van der Waals surface area contributed by atoms with Gasteiger partial charge in [-0.1, -0.05) is 0 Å². The Morgan fingerprint density at radius 1 is 1.28 bits per heavy atom. The third-order valence-corrected chi connectivity index (χ3v) is 1.85. The van der Waals surface area contributed by atoms with Crippen LogP contribution in [0.3, 0.4) is 0 Å². The number of amides is 1. The molecule has 0 aromatic carbocycles. The molecule has 0 aromatic heterocycles. The van der Waals surface area contributed by atoms with Crippen molar-refractivity contribution in [3.05, 3.63) is 0 Å². The van der Waals surface area contributed by atoms with Crippen LogP contribution in [0.5, 0.6) is 0 Å².